The zero-order chi connectivity index (χ0) is 22.6. The maximum atomic E-state index is 12.9. The van der Waals surface area contributed by atoms with Gasteiger partial charge in [-0.1, -0.05) is 6.92 Å². The average molecular weight is 456 g/mol. The number of rotatable bonds is 8. The van der Waals surface area contributed by atoms with Crippen molar-refractivity contribution < 1.29 is 27.5 Å². The summed E-state index contributed by atoms with van der Waals surface area (Å²) in [6.45, 7) is 6.74. The Morgan fingerprint density at radius 2 is 2.06 bits per heavy atom. The summed E-state index contributed by atoms with van der Waals surface area (Å²) in [5.41, 5.74) is 2.49. The van der Waals surface area contributed by atoms with Crippen LogP contribution in [0.25, 0.3) is 0 Å². The summed E-state index contributed by atoms with van der Waals surface area (Å²) in [4.78, 5) is 24.7. The summed E-state index contributed by atoms with van der Waals surface area (Å²) >= 11 is 0. The summed E-state index contributed by atoms with van der Waals surface area (Å²) < 4.78 is 35.0. The Hall–Kier alpha value is -1.94. The lowest BCUT2D eigenvalue weighted by atomic mass is 9.75. The molecule has 0 bridgehead atoms. The Bertz CT molecular complexity index is 918. The van der Waals surface area contributed by atoms with Crippen molar-refractivity contribution in [2.75, 3.05) is 38.4 Å². The van der Waals surface area contributed by atoms with E-state index in [0.29, 0.717) is 38.4 Å². The van der Waals surface area contributed by atoms with E-state index in [9.17, 15) is 18.0 Å². The summed E-state index contributed by atoms with van der Waals surface area (Å²) in [6.07, 6.45) is 4.11. The number of nitrogens with zero attached hydrogens (tertiary/aromatic N) is 2. The Morgan fingerprint density at radius 1 is 1.35 bits per heavy atom. The molecule has 0 radical (unpaired) electrons. The summed E-state index contributed by atoms with van der Waals surface area (Å²) in [5, 5.41) is 7.82. The molecule has 0 aromatic carbocycles. The molecule has 1 aromatic rings. The number of hydrogen-bond donors (Lipinski definition) is 1. The lowest BCUT2D eigenvalue weighted by Gasteiger charge is -2.36. The Labute approximate surface area is 183 Å². The van der Waals surface area contributed by atoms with Crippen LogP contribution >= 0.6 is 0 Å². The molecular weight excluding hydrogens is 422 g/mol. The number of carbonyl (C=O) groups excluding carboxylic acids is 2. The van der Waals surface area contributed by atoms with Gasteiger partial charge in [-0.2, -0.15) is 5.10 Å². The fraction of sp³-hybridized carbons (Fsp3) is 0.762. The molecule has 1 atom stereocenters. The first-order chi connectivity index (χ1) is 14.6. The van der Waals surface area contributed by atoms with Crippen molar-refractivity contribution in [3.63, 3.8) is 0 Å². The molecule has 10 heteroatoms. The molecule has 2 aliphatic rings. The number of hydrogen-bond acceptors (Lipinski definition) is 7. The molecule has 2 aliphatic heterocycles. The van der Waals surface area contributed by atoms with E-state index in [1.165, 1.54) is 0 Å². The van der Waals surface area contributed by atoms with Crippen LogP contribution in [0.5, 0.6) is 0 Å². The third-order valence-electron chi connectivity index (χ3n) is 6.13. The maximum Gasteiger partial charge on any atom is 0.306 e. The van der Waals surface area contributed by atoms with E-state index in [-0.39, 0.29) is 36.0 Å². The molecule has 1 amide bonds. The van der Waals surface area contributed by atoms with Crippen LogP contribution in [0, 0.1) is 11.3 Å². The second-order valence-corrected chi connectivity index (χ2v) is 11.2. The van der Waals surface area contributed by atoms with Crippen LogP contribution in [0.1, 0.15) is 54.9 Å². The predicted octanol–water partition coefficient (Wildman–Crippen LogP) is 1.14. The van der Waals surface area contributed by atoms with Crippen LogP contribution in [0.4, 0.5) is 0 Å². The number of carbonyl (C=O) groups is 2. The molecule has 31 heavy (non-hydrogen) atoms. The van der Waals surface area contributed by atoms with Crippen molar-refractivity contribution >= 4 is 21.7 Å². The fourth-order valence-corrected chi connectivity index (χ4v) is 4.83. The number of sulfone groups is 1. The van der Waals surface area contributed by atoms with Crippen LogP contribution in [-0.2, 0) is 43.5 Å². The van der Waals surface area contributed by atoms with Gasteiger partial charge in [0.05, 0.1) is 24.5 Å². The van der Waals surface area contributed by atoms with E-state index in [1.807, 2.05) is 13.8 Å². The van der Waals surface area contributed by atoms with E-state index in [2.05, 4.69) is 5.32 Å². The monoisotopic (exact) mass is 455 g/mol. The molecule has 1 N–H and O–H groups in total. The highest BCUT2D eigenvalue weighted by atomic mass is 32.2. The van der Waals surface area contributed by atoms with Gasteiger partial charge in [0, 0.05) is 38.1 Å². The molecule has 0 aliphatic carbocycles. The third kappa shape index (κ3) is 6.06. The molecule has 1 spiro atoms. The SMILES string of the molecule is CCn1nc(CC(C)COC(=O)CCS(C)(=O)=O)c2c1C(=O)NCC1(CCOCC1)C2. The van der Waals surface area contributed by atoms with Crippen LogP contribution in [0.3, 0.4) is 0 Å². The highest BCUT2D eigenvalue weighted by Gasteiger charge is 2.39. The molecular formula is C21H33N3O6S. The fourth-order valence-electron chi connectivity index (χ4n) is 4.29. The van der Waals surface area contributed by atoms with Gasteiger partial charge in [-0.15, -0.1) is 0 Å². The summed E-state index contributed by atoms with van der Waals surface area (Å²) in [7, 11) is -3.20. The Balaban J connectivity index is 1.72. The first-order valence-corrected chi connectivity index (χ1v) is 13.0. The van der Waals surface area contributed by atoms with E-state index < -0.39 is 15.8 Å². The van der Waals surface area contributed by atoms with Gasteiger partial charge in [-0.05, 0) is 43.9 Å². The highest BCUT2D eigenvalue weighted by molar-refractivity contribution is 7.90. The van der Waals surface area contributed by atoms with Gasteiger partial charge in [0.25, 0.3) is 5.91 Å². The van der Waals surface area contributed by atoms with Crippen molar-refractivity contribution in [1.82, 2.24) is 15.1 Å². The first kappa shape index (κ1) is 23.7. The van der Waals surface area contributed by atoms with Crippen molar-refractivity contribution in [1.29, 1.82) is 0 Å². The van der Waals surface area contributed by atoms with E-state index in [4.69, 9.17) is 14.6 Å². The van der Waals surface area contributed by atoms with Gasteiger partial charge in [-0.3, -0.25) is 14.3 Å². The Kier molecular flexibility index (Phi) is 7.41. The number of esters is 1. The highest BCUT2D eigenvalue weighted by Crippen LogP contribution is 2.38. The minimum atomic E-state index is -3.20. The van der Waals surface area contributed by atoms with Gasteiger partial charge < -0.3 is 14.8 Å². The molecule has 3 heterocycles. The normalized spacial score (nSPS) is 19.4. The molecule has 3 rings (SSSR count). The molecule has 1 saturated heterocycles. The number of aryl methyl sites for hydroxylation is 1. The number of nitrogens with one attached hydrogen (secondary N) is 1. The molecule has 1 aromatic heterocycles. The average Bonchev–Trinajstić information content (AvgIpc) is 2.98. The van der Waals surface area contributed by atoms with Crippen LogP contribution in [0.15, 0.2) is 0 Å². The number of ether oxygens (including phenoxy) is 2. The lowest BCUT2D eigenvalue weighted by molar-refractivity contribution is -0.144. The van der Waals surface area contributed by atoms with Crippen molar-refractivity contribution in [3.05, 3.63) is 17.0 Å². The summed E-state index contributed by atoms with van der Waals surface area (Å²) in [6, 6.07) is 0. The van der Waals surface area contributed by atoms with Gasteiger partial charge in [-0.25, -0.2) is 8.42 Å². The van der Waals surface area contributed by atoms with Crippen LogP contribution in [0.2, 0.25) is 0 Å². The molecule has 0 saturated carbocycles. The zero-order valence-electron chi connectivity index (χ0n) is 18.6. The Morgan fingerprint density at radius 3 is 2.71 bits per heavy atom. The topological polar surface area (TPSA) is 117 Å². The van der Waals surface area contributed by atoms with E-state index >= 15 is 0 Å². The van der Waals surface area contributed by atoms with E-state index in [1.54, 1.807) is 4.68 Å². The quantitative estimate of drug-likeness (QED) is 0.584. The van der Waals surface area contributed by atoms with E-state index in [0.717, 1.165) is 36.8 Å². The van der Waals surface area contributed by atoms with Gasteiger partial charge >= 0.3 is 5.97 Å². The second kappa shape index (κ2) is 9.68. The smallest absolute Gasteiger partial charge is 0.306 e. The molecule has 174 valence electrons. The van der Waals surface area contributed by atoms with Gasteiger partial charge in [0.1, 0.15) is 15.5 Å². The molecule has 1 unspecified atom stereocenters. The van der Waals surface area contributed by atoms with Gasteiger partial charge in [0.2, 0.25) is 0 Å². The van der Waals surface area contributed by atoms with Crippen LogP contribution in [-0.4, -0.2) is 68.4 Å². The van der Waals surface area contributed by atoms with Crippen LogP contribution < -0.4 is 5.32 Å². The number of fused-ring (bicyclic) bond motifs is 1. The summed E-state index contributed by atoms with van der Waals surface area (Å²) in [5.74, 6) is -0.826. The zero-order valence-corrected chi connectivity index (χ0v) is 19.4. The standard InChI is InChI=1S/C21H33N3O6S/c1-4-24-19-16(12-21(14-22-20(19)26)6-8-29-9-7-21)17(23-24)11-15(2)13-30-18(25)5-10-31(3,27)28/h15H,4-14H2,1-3H3,(H,22,26). The van der Waals surface area contributed by atoms with Crippen molar-refractivity contribution in [2.45, 2.75) is 52.5 Å². The second-order valence-electron chi connectivity index (χ2n) is 8.93. The van der Waals surface area contributed by atoms with Gasteiger partial charge in [0.15, 0.2) is 0 Å². The first-order valence-electron chi connectivity index (χ1n) is 10.9. The predicted molar refractivity (Wildman–Crippen MR) is 115 cm³/mol. The minimum Gasteiger partial charge on any atom is -0.465 e. The van der Waals surface area contributed by atoms with Crippen molar-refractivity contribution in [2.24, 2.45) is 11.3 Å². The van der Waals surface area contributed by atoms with Crippen molar-refractivity contribution in [3.8, 4) is 0 Å². The number of amides is 1. The molecule has 1 fully saturated rings. The minimum absolute atomic E-state index is 0.0107. The largest absolute Gasteiger partial charge is 0.465 e. The number of aromatic nitrogens is 2. The third-order valence-corrected chi connectivity index (χ3v) is 7.07. The maximum absolute atomic E-state index is 12.9. The molecule has 9 nitrogen and oxygen atoms in total. The lowest BCUT2D eigenvalue weighted by Crippen LogP contribution is -2.40.